The first kappa shape index (κ1) is 15.5. The number of hydrogen-bond donors (Lipinski definition) is 1. The molecule has 0 aliphatic carbocycles. The Bertz CT molecular complexity index is 349. The number of rotatable bonds is 8. The van der Waals surface area contributed by atoms with Gasteiger partial charge in [-0.3, -0.25) is 0 Å². The van der Waals surface area contributed by atoms with Crippen LogP contribution in [-0.4, -0.2) is 7.05 Å². The first-order chi connectivity index (χ1) is 8.69. The maximum Gasteiger partial charge on any atom is 0.0435 e. The minimum absolute atomic E-state index is 0.461. The molecule has 18 heavy (non-hydrogen) atoms. The van der Waals surface area contributed by atoms with Crippen molar-refractivity contribution >= 4 is 11.6 Å². The second kappa shape index (κ2) is 8.55. The molecule has 1 N–H and O–H groups in total. The van der Waals surface area contributed by atoms with Gasteiger partial charge in [0.15, 0.2) is 0 Å². The summed E-state index contributed by atoms with van der Waals surface area (Å²) in [6.45, 7) is 4.33. The van der Waals surface area contributed by atoms with Gasteiger partial charge in [0.1, 0.15) is 0 Å². The van der Waals surface area contributed by atoms with Crippen LogP contribution in [0.5, 0.6) is 0 Å². The molecule has 1 nitrogen and oxygen atoms in total. The standard InChI is InChI=1S/C16H26ClN/c1-4-5-6-7-8-9-16(18-3)14-10-11-15(17)13(2)12-14/h10-12,16,18H,4-9H2,1-3H3. The largest absolute Gasteiger partial charge is 0.313 e. The summed E-state index contributed by atoms with van der Waals surface area (Å²) in [4.78, 5) is 0. The molecule has 0 fully saturated rings. The summed E-state index contributed by atoms with van der Waals surface area (Å²) in [7, 11) is 2.04. The maximum atomic E-state index is 6.07. The van der Waals surface area contributed by atoms with Crippen LogP contribution in [-0.2, 0) is 0 Å². The van der Waals surface area contributed by atoms with E-state index in [0.717, 1.165) is 5.02 Å². The smallest absolute Gasteiger partial charge is 0.0435 e. The first-order valence-corrected chi connectivity index (χ1v) is 7.50. The highest BCUT2D eigenvalue weighted by Gasteiger charge is 2.09. The predicted molar refractivity (Wildman–Crippen MR) is 81.4 cm³/mol. The number of aryl methyl sites for hydroxylation is 1. The number of unbranched alkanes of at least 4 members (excludes halogenated alkanes) is 4. The molecule has 1 aromatic carbocycles. The van der Waals surface area contributed by atoms with Crippen molar-refractivity contribution in [2.75, 3.05) is 7.05 Å². The number of benzene rings is 1. The Balaban J connectivity index is 2.47. The molecule has 1 unspecified atom stereocenters. The molecule has 0 heterocycles. The van der Waals surface area contributed by atoms with Gasteiger partial charge in [0.25, 0.3) is 0 Å². The van der Waals surface area contributed by atoms with E-state index >= 15 is 0 Å². The highest BCUT2D eigenvalue weighted by molar-refractivity contribution is 6.31. The summed E-state index contributed by atoms with van der Waals surface area (Å²) < 4.78 is 0. The van der Waals surface area contributed by atoms with E-state index < -0.39 is 0 Å². The van der Waals surface area contributed by atoms with Crippen molar-refractivity contribution in [3.8, 4) is 0 Å². The molecule has 1 atom stereocenters. The van der Waals surface area contributed by atoms with Gasteiger partial charge >= 0.3 is 0 Å². The normalized spacial score (nSPS) is 12.7. The molecule has 1 rings (SSSR count). The molecule has 0 spiro atoms. The van der Waals surface area contributed by atoms with Gasteiger partial charge in [-0.05, 0) is 37.6 Å². The van der Waals surface area contributed by atoms with E-state index in [-0.39, 0.29) is 0 Å². The average Bonchev–Trinajstić information content (AvgIpc) is 2.37. The zero-order valence-electron chi connectivity index (χ0n) is 11.9. The van der Waals surface area contributed by atoms with Crippen LogP contribution >= 0.6 is 11.6 Å². The Morgan fingerprint density at radius 3 is 2.50 bits per heavy atom. The van der Waals surface area contributed by atoms with Gasteiger partial charge in [-0.15, -0.1) is 0 Å². The molecule has 0 amide bonds. The lowest BCUT2D eigenvalue weighted by atomic mass is 9.98. The van der Waals surface area contributed by atoms with Crippen molar-refractivity contribution in [2.45, 2.75) is 58.4 Å². The lowest BCUT2D eigenvalue weighted by molar-refractivity contribution is 0.500. The first-order valence-electron chi connectivity index (χ1n) is 7.12. The van der Waals surface area contributed by atoms with E-state index in [2.05, 4.69) is 31.3 Å². The van der Waals surface area contributed by atoms with Crippen molar-refractivity contribution in [3.05, 3.63) is 34.3 Å². The van der Waals surface area contributed by atoms with Crippen molar-refractivity contribution in [1.82, 2.24) is 5.32 Å². The molecule has 0 saturated heterocycles. The second-order valence-electron chi connectivity index (χ2n) is 5.05. The van der Waals surface area contributed by atoms with Gasteiger partial charge in [0, 0.05) is 11.1 Å². The van der Waals surface area contributed by atoms with Crippen LogP contribution in [0.2, 0.25) is 5.02 Å². The molecular weight excluding hydrogens is 242 g/mol. The molecule has 0 saturated carbocycles. The monoisotopic (exact) mass is 267 g/mol. The molecule has 0 radical (unpaired) electrons. The molecule has 1 aromatic rings. The Kier molecular flexibility index (Phi) is 7.38. The zero-order chi connectivity index (χ0) is 13.4. The minimum Gasteiger partial charge on any atom is -0.313 e. The summed E-state index contributed by atoms with van der Waals surface area (Å²) in [5, 5.41) is 4.27. The summed E-state index contributed by atoms with van der Waals surface area (Å²) in [5.74, 6) is 0. The van der Waals surface area contributed by atoms with Gasteiger partial charge < -0.3 is 5.32 Å². The fourth-order valence-electron chi connectivity index (χ4n) is 2.31. The number of nitrogens with one attached hydrogen (secondary N) is 1. The third-order valence-corrected chi connectivity index (χ3v) is 3.95. The van der Waals surface area contributed by atoms with Gasteiger partial charge in [-0.25, -0.2) is 0 Å². The van der Waals surface area contributed by atoms with Gasteiger partial charge in [-0.1, -0.05) is 62.8 Å². The third kappa shape index (κ3) is 4.99. The van der Waals surface area contributed by atoms with Crippen LogP contribution in [0.4, 0.5) is 0 Å². The second-order valence-corrected chi connectivity index (χ2v) is 5.46. The molecule has 0 aliphatic rings. The molecule has 102 valence electrons. The Labute approximate surface area is 117 Å². The van der Waals surface area contributed by atoms with Crippen molar-refractivity contribution in [3.63, 3.8) is 0 Å². The lowest BCUT2D eigenvalue weighted by Crippen LogP contribution is -2.16. The topological polar surface area (TPSA) is 12.0 Å². The fraction of sp³-hybridized carbons (Fsp3) is 0.625. The van der Waals surface area contributed by atoms with Crippen molar-refractivity contribution in [2.24, 2.45) is 0 Å². The van der Waals surface area contributed by atoms with Crippen LogP contribution in [0.25, 0.3) is 0 Å². The highest BCUT2D eigenvalue weighted by atomic mass is 35.5. The van der Waals surface area contributed by atoms with E-state index in [9.17, 15) is 0 Å². The van der Waals surface area contributed by atoms with Gasteiger partial charge in [0.2, 0.25) is 0 Å². The van der Waals surface area contributed by atoms with Crippen LogP contribution < -0.4 is 5.32 Å². The molecular formula is C16H26ClN. The fourth-order valence-corrected chi connectivity index (χ4v) is 2.43. The molecule has 0 bridgehead atoms. The molecule has 2 heteroatoms. The third-order valence-electron chi connectivity index (χ3n) is 3.53. The Hall–Kier alpha value is -0.530. The Morgan fingerprint density at radius 1 is 1.17 bits per heavy atom. The van der Waals surface area contributed by atoms with Crippen LogP contribution in [0.1, 0.15) is 62.6 Å². The van der Waals surface area contributed by atoms with Gasteiger partial charge in [0.05, 0.1) is 0 Å². The van der Waals surface area contributed by atoms with Crippen LogP contribution in [0.15, 0.2) is 18.2 Å². The number of hydrogen-bond acceptors (Lipinski definition) is 1. The Morgan fingerprint density at radius 2 is 1.89 bits per heavy atom. The zero-order valence-corrected chi connectivity index (χ0v) is 12.7. The highest BCUT2D eigenvalue weighted by Crippen LogP contribution is 2.24. The quantitative estimate of drug-likeness (QED) is 0.633. The van der Waals surface area contributed by atoms with Crippen LogP contribution in [0, 0.1) is 6.92 Å². The summed E-state index contributed by atoms with van der Waals surface area (Å²) in [6, 6.07) is 6.81. The molecule has 0 aromatic heterocycles. The SMILES string of the molecule is CCCCCCCC(NC)c1ccc(Cl)c(C)c1. The van der Waals surface area contributed by atoms with Crippen LogP contribution in [0.3, 0.4) is 0 Å². The summed E-state index contributed by atoms with van der Waals surface area (Å²) in [5.41, 5.74) is 2.52. The van der Waals surface area contributed by atoms with E-state index in [1.165, 1.54) is 49.7 Å². The minimum atomic E-state index is 0.461. The summed E-state index contributed by atoms with van der Waals surface area (Å²) in [6.07, 6.45) is 7.90. The maximum absolute atomic E-state index is 6.07. The van der Waals surface area contributed by atoms with Crippen molar-refractivity contribution < 1.29 is 0 Å². The molecule has 0 aliphatic heterocycles. The number of halogens is 1. The average molecular weight is 268 g/mol. The van der Waals surface area contributed by atoms with Gasteiger partial charge in [-0.2, -0.15) is 0 Å². The van der Waals surface area contributed by atoms with E-state index in [1.54, 1.807) is 0 Å². The van der Waals surface area contributed by atoms with Crippen molar-refractivity contribution in [1.29, 1.82) is 0 Å². The summed E-state index contributed by atoms with van der Waals surface area (Å²) >= 11 is 6.07. The van der Waals surface area contributed by atoms with E-state index in [1.807, 2.05) is 13.1 Å². The lowest BCUT2D eigenvalue weighted by Gasteiger charge is -2.17. The van der Waals surface area contributed by atoms with E-state index in [0.29, 0.717) is 6.04 Å². The van der Waals surface area contributed by atoms with E-state index in [4.69, 9.17) is 11.6 Å². The predicted octanol–water partition coefficient (Wildman–Crippen LogP) is 5.27.